The standard InChI is InChI=1S/C18H14N4O2S/c1-25-18-21-16(15(10-19)17(23)22-18)12-5-7-14(8-6-12)24-11-13-4-2-3-9-20-13/h2-9H,11H2,1H3,(H,21,22,23). The highest BCUT2D eigenvalue weighted by Crippen LogP contribution is 2.24. The van der Waals surface area contributed by atoms with Gasteiger partial charge < -0.3 is 9.72 Å². The molecule has 25 heavy (non-hydrogen) atoms. The van der Waals surface area contributed by atoms with E-state index in [1.165, 1.54) is 11.8 Å². The van der Waals surface area contributed by atoms with Crippen molar-refractivity contribution in [1.82, 2.24) is 15.0 Å². The van der Waals surface area contributed by atoms with Crippen LogP contribution in [0.2, 0.25) is 0 Å². The van der Waals surface area contributed by atoms with Gasteiger partial charge in [0.2, 0.25) is 0 Å². The molecule has 0 aliphatic heterocycles. The van der Waals surface area contributed by atoms with Gasteiger partial charge in [0.1, 0.15) is 24.0 Å². The summed E-state index contributed by atoms with van der Waals surface area (Å²) in [5.74, 6) is 0.669. The van der Waals surface area contributed by atoms with Gasteiger partial charge in [-0.3, -0.25) is 9.78 Å². The van der Waals surface area contributed by atoms with E-state index in [9.17, 15) is 10.1 Å². The number of thioether (sulfide) groups is 1. The summed E-state index contributed by atoms with van der Waals surface area (Å²) < 4.78 is 5.69. The predicted molar refractivity (Wildman–Crippen MR) is 95.4 cm³/mol. The number of rotatable bonds is 5. The number of benzene rings is 1. The number of hydrogen-bond acceptors (Lipinski definition) is 6. The van der Waals surface area contributed by atoms with Crippen molar-refractivity contribution in [3.05, 3.63) is 70.3 Å². The summed E-state index contributed by atoms with van der Waals surface area (Å²) >= 11 is 1.31. The molecular formula is C18H14N4O2S. The second kappa shape index (κ2) is 7.64. The first-order chi connectivity index (χ1) is 12.2. The molecule has 0 spiro atoms. The smallest absolute Gasteiger partial charge is 0.270 e. The maximum atomic E-state index is 12.0. The number of nitrogens with one attached hydrogen (secondary N) is 1. The zero-order chi connectivity index (χ0) is 17.6. The zero-order valence-corrected chi connectivity index (χ0v) is 14.2. The maximum absolute atomic E-state index is 12.0. The Bertz CT molecular complexity index is 963. The van der Waals surface area contributed by atoms with Crippen molar-refractivity contribution in [2.24, 2.45) is 0 Å². The van der Waals surface area contributed by atoms with Gasteiger partial charge in [0.15, 0.2) is 5.16 Å². The molecule has 0 saturated carbocycles. The molecule has 0 unspecified atom stereocenters. The molecule has 1 aromatic carbocycles. The summed E-state index contributed by atoms with van der Waals surface area (Å²) in [6, 6.07) is 14.7. The second-order valence-electron chi connectivity index (χ2n) is 5.04. The van der Waals surface area contributed by atoms with Crippen molar-refractivity contribution in [3.63, 3.8) is 0 Å². The average molecular weight is 350 g/mol. The third kappa shape index (κ3) is 3.87. The Balaban J connectivity index is 1.84. The first kappa shape index (κ1) is 16.7. The molecule has 124 valence electrons. The van der Waals surface area contributed by atoms with Crippen LogP contribution >= 0.6 is 11.8 Å². The zero-order valence-electron chi connectivity index (χ0n) is 13.4. The molecule has 7 heteroatoms. The quantitative estimate of drug-likeness (QED) is 0.562. The van der Waals surface area contributed by atoms with Crippen molar-refractivity contribution in [2.45, 2.75) is 11.8 Å². The van der Waals surface area contributed by atoms with E-state index in [1.54, 1.807) is 30.5 Å². The van der Waals surface area contributed by atoms with E-state index in [0.29, 0.717) is 28.8 Å². The van der Waals surface area contributed by atoms with Crippen molar-refractivity contribution < 1.29 is 4.74 Å². The minimum absolute atomic E-state index is 0.0000427. The second-order valence-corrected chi connectivity index (χ2v) is 5.84. The largest absolute Gasteiger partial charge is 0.487 e. The Kier molecular flexibility index (Phi) is 5.11. The van der Waals surface area contributed by atoms with Crippen molar-refractivity contribution >= 4 is 11.8 Å². The maximum Gasteiger partial charge on any atom is 0.270 e. The molecule has 0 amide bonds. The van der Waals surface area contributed by atoms with E-state index in [2.05, 4.69) is 15.0 Å². The number of ether oxygens (including phenoxy) is 1. The van der Waals surface area contributed by atoms with E-state index < -0.39 is 5.56 Å². The van der Waals surface area contributed by atoms with Crippen LogP contribution in [0.5, 0.6) is 5.75 Å². The van der Waals surface area contributed by atoms with E-state index in [0.717, 1.165) is 5.69 Å². The molecule has 3 aromatic rings. The summed E-state index contributed by atoms with van der Waals surface area (Å²) in [6.07, 6.45) is 3.52. The minimum atomic E-state index is -0.438. The van der Waals surface area contributed by atoms with Crippen molar-refractivity contribution in [1.29, 1.82) is 5.26 Å². The number of aromatic nitrogens is 3. The van der Waals surface area contributed by atoms with E-state index >= 15 is 0 Å². The van der Waals surface area contributed by atoms with Crippen LogP contribution in [0.25, 0.3) is 11.3 Å². The lowest BCUT2D eigenvalue weighted by Crippen LogP contribution is -2.14. The SMILES string of the molecule is CSc1nc(-c2ccc(OCc3ccccn3)cc2)c(C#N)c(=O)[nH]1. The van der Waals surface area contributed by atoms with Gasteiger partial charge in [0, 0.05) is 11.8 Å². The molecule has 3 rings (SSSR count). The Morgan fingerprint density at radius 3 is 2.68 bits per heavy atom. The van der Waals surface area contributed by atoms with Crippen LogP contribution in [0.15, 0.2) is 58.6 Å². The highest BCUT2D eigenvalue weighted by molar-refractivity contribution is 7.98. The number of nitriles is 1. The summed E-state index contributed by atoms with van der Waals surface area (Å²) in [4.78, 5) is 23.1. The molecule has 2 aromatic heterocycles. The summed E-state index contributed by atoms with van der Waals surface area (Å²) in [5, 5.41) is 9.71. The van der Waals surface area contributed by atoms with Gasteiger partial charge in [-0.15, -0.1) is 0 Å². The Labute approximate surface area is 148 Å². The highest BCUT2D eigenvalue weighted by Gasteiger charge is 2.13. The molecule has 6 nitrogen and oxygen atoms in total. The third-order valence-electron chi connectivity index (χ3n) is 3.44. The normalized spacial score (nSPS) is 10.2. The Morgan fingerprint density at radius 2 is 2.04 bits per heavy atom. The Hall–Kier alpha value is -3.11. The monoisotopic (exact) mass is 350 g/mol. The first-order valence-electron chi connectivity index (χ1n) is 7.43. The van der Waals surface area contributed by atoms with Crippen LogP contribution in [0.4, 0.5) is 0 Å². The fourth-order valence-electron chi connectivity index (χ4n) is 2.21. The number of H-pyrrole nitrogens is 1. The average Bonchev–Trinajstić information content (AvgIpc) is 2.67. The van der Waals surface area contributed by atoms with Gasteiger partial charge in [-0.25, -0.2) is 4.98 Å². The van der Waals surface area contributed by atoms with E-state index in [4.69, 9.17) is 4.74 Å². The number of aromatic amines is 1. The number of nitrogens with zero attached hydrogens (tertiary/aromatic N) is 3. The van der Waals surface area contributed by atoms with Gasteiger partial charge in [-0.2, -0.15) is 5.26 Å². The molecule has 0 aliphatic carbocycles. The lowest BCUT2D eigenvalue weighted by Gasteiger charge is -2.08. The van der Waals surface area contributed by atoms with Crippen LogP contribution in [-0.2, 0) is 6.61 Å². The molecular weight excluding hydrogens is 336 g/mol. The fourth-order valence-corrected chi connectivity index (χ4v) is 2.59. The van der Waals surface area contributed by atoms with Crippen LogP contribution < -0.4 is 10.3 Å². The first-order valence-corrected chi connectivity index (χ1v) is 8.65. The van der Waals surface area contributed by atoms with Crippen LogP contribution in [0.1, 0.15) is 11.3 Å². The summed E-state index contributed by atoms with van der Waals surface area (Å²) in [5.41, 5.74) is 1.45. The van der Waals surface area contributed by atoms with Crippen LogP contribution in [0, 0.1) is 11.3 Å². The van der Waals surface area contributed by atoms with Gasteiger partial charge in [-0.05, 0) is 42.7 Å². The van der Waals surface area contributed by atoms with E-state index in [-0.39, 0.29) is 5.56 Å². The highest BCUT2D eigenvalue weighted by atomic mass is 32.2. The predicted octanol–water partition coefficient (Wildman–Crippen LogP) is 3.00. The summed E-state index contributed by atoms with van der Waals surface area (Å²) in [6.45, 7) is 0.365. The van der Waals surface area contributed by atoms with Crippen LogP contribution in [-0.4, -0.2) is 21.2 Å². The molecule has 0 fully saturated rings. The lowest BCUT2D eigenvalue weighted by atomic mass is 10.1. The third-order valence-corrected chi connectivity index (χ3v) is 4.02. The van der Waals surface area contributed by atoms with Crippen molar-refractivity contribution in [3.8, 4) is 23.1 Å². The summed E-state index contributed by atoms with van der Waals surface area (Å²) in [7, 11) is 0. The Morgan fingerprint density at radius 1 is 1.24 bits per heavy atom. The van der Waals surface area contributed by atoms with Gasteiger partial charge >= 0.3 is 0 Å². The molecule has 0 bridgehead atoms. The topological polar surface area (TPSA) is 91.7 Å². The minimum Gasteiger partial charge on any atom is -0.487 e. The van der Waals surface area contributed by atoms with Gasteiger partial charge in [0.25, 0.3) is 5.56 Å². The number of hydrogen-bond donors (Lipinski definition) is 1. The van der Waals surface area contributed by atoms with E-state index in [1.807, 2.05) is 30.5 Å². The molecule has 0 radical (unpaired) electrons. The van der Waals surface area contributed by atoms with Crippen molar-refractivity contribution in [2.75, 3.05) is 6.26 Å². The van der Waals surface area contributed by atoms with Gasteiger partial charge in [-0.1, -0.05) is 17.8 Å². The fraction of sp³-hybridized carbons (Fsp3) is 0.111. The van der Waals surface area contributed by atoms with Crippen LogP contribution in [0.3, 0.4) is 0 Å². The molecule has 0 atom stereocenters. The molecule has 1 N–H and O–H groups in total. The lowest BCUT2D eigenvalue weighted by molar-refractivity contribution is 0.301. The molecule has 0 aliphatic rings. The van der Waals surface area contributed by atoms with Gasteiger partial charge in [0.05, 0.1) is 11.4 Å². The number of pyridine rings is 1. The molecule has 0 saturated heterocycles. The molecule has 2 heterocycles.